The van der Waals surface area contributed by atoms with Crippen LogP contribution in [0.4, 0.5) is 11.1 Å². The van der Waals surface area contributed by atoms with Gasteiger partial charge in [-0.2, -0.15) is 13.9 Å². The number of nitrogens with zero attached hydrogens (tertiary/aromatic N) is 7. The van der Waals surface area contributed by atoms with Crippen molar-refractivity contribution in [3.8, 4) is 0 Å². The third-order valence-corrected chi connectivity index (χ3v) is 6.62. The molecule has 148 valence electrons. The van der Waals surface area contributed by atoms with Crippen molar-refractivity contribution in [1.29, 1.82) is 0 Å². The zero-order valence-electron chi connectivity index (χ0n) is 16.6. The van der Waals surface area contributed by atoms with Gasteiger partial charge in [-0.25, -0.2) is 9.97 Å². The van der Waals surface area contributed by atoms with Gasteiger partial charge in [0.2, 0.25) is 11.1 Å². The van der Waals surface area contributed by atoms with Crippen molar-refractivity contribution in [3.63, 3.8) is 0 Å². The van der Waals surface area contributed by atoms with Crippen LogP contribution in [-0.2, 0) is 6.42 Å². The Morgan fingerprint density at radius 3 is 2.61 bits per heavy atom. The summed E-state index contributed by atoms with van der Waals surface area (Å²) >= 11 is 1.53. The molecule has 2 atom stereocenters. The van der Waals surface area contributed by atoms with E-state index in [1.165, 1.54) is 24.4 Å². The van der Waals surface area contributed by atoms with Gasteiger partial charge in [0.1, 0.15) is 11.6 Å². The maximum atomic E-state index is 4.73. The van der Waals surface area contributed by atoms with Crippen LogP contribution in [0, 0.1) is 13.8 Å². The van der Waals surface area contributed by atoms with E-state index in [4.69, 9.17) is 10.1 Å². The number of hydrogen-bond donors (Lipinski definition) is 1. The summed E-state index contributed by atoms with van der Waals surface area (Å²) in [5, 5.41) is 9.41. The summed E-state index contributed by atoms with van der Waals surface area (Å²) in [6.07, 6.45) is 6.58. The van der Waals surface area contributed by atoms with Crippen molar-refractivity contribution in [1.82, 2.24) is 28.9 Å². The normalized spacial score (nSPS) is 24.2. The number of fused-ring (bicyclic) bond motifs is 3. The molecule has 28 heavy (non-hydrogen) atoms. The maximum absolute atomic E-state index is 4.73. The van der Waals surface area contributed by atoms with Crippen LogP contribution in [-0.4, -0.2) is 47.1 Å². The number of piperidine rings is 1. The maximum Gasteiger partial charge on any atom is 0.243 e. The molecule has 1 N–H and O–H groups in total. The Labute approximate surface area is 168 Å². The molecule has 0 aliphatic carbocycles. The Balaban J connectivity index is 1.34. The first kappa shape index (κ1) is 17.8. The van der Waals surface area contributed by atoms with Crippen LogP contribution in [0.25, 0.3) is 5.65 Å². The Morgan fingerprint density at radius 2 is 1.93 bits per heavy atom. The van der Waals surface area contributed by atoms with Gasteiger partial charge in [-0.1, -0.05) is 6.92 Å². The van der Waals surface area contributed by atoms with E-state index in [-0.39, 0.29) is 0 Å². The first-order chi connectivity index (χ1) is 13.6. The lowest BCUT2D eigenvalue weighted by Gasteiger charge is -2.38. The summed E-state index contributed by atoms with van der Waals surface area (Å²) in [5.74, 6) is 2.58. The standard InChI is InChI=1S/C19H26N8S/c1-4-5-16-20-11(2)8-17-23-18(24-27(16)17)22-13-9-14-6-7-15(10-13)26(14)19-21-12(3)25-28-19/h8,13-15H,4-7,9-10H2,1-3H3,(H,22,24). The average molecular weight is 399 g/mol. The molecule has 3 aromatic rings. The summed E-state index contributed by atoms with van der Waals surface area (Å²) in [4.78, 5) is 16.5. The number of nitrogens with one attached hydrogen (secondary N) is 1. The Morgan fingerprint density at radius 1 is 1.14 bits per heavy atom. The van der Waals surface area contributed by atoms with Gasteiger partial charge in [-0.15, -0.1) is 5.10 Å². The largest absolute Gasteiger partial charge is 0.350 e. The molecule has 3 aromatic heterocycles. The van der Waals surface area contributed by atoms with Crippen LogP contribution in [0.1, 0.15) is 56.4 Å². The fourth-order valence-corrected chi connectivity index (χ4v) is 5.52. The van der Waals surface area contributed by atoms with Crippen LogP contribution in [0.15, 0.2) is 6.07 Å². The molecule has 5 heterocycles. The summed E-state index contributed by atoms with van der Waals surface area (Å²) < 4.78 is 6.27. The van der Waals surface area contributed by atoms with Crippen LogP contribution in [0.3, 0.4) is 0 Å². The second-order valence-corrected chi connectivity index (χ2v) is 8.73. The minimum Gasteiger partial charge on any atom is -0.350 e. The lowest BCUT2D eigenvalue weighted by atomic mass is 9.98. The van der Waals surface area contributed by atoms with Crippen molar-refractivity contribution in [3.05, 3.63) is 23.4 Å². The van der Waals surface area contributed by atoms with E-state index in [0.29, 0.717) is 18.1 Å². The molecule has 2 unspecified atom stereocenters. The quantitative estimate of drug-likeness (QED) is 0.707. The third-order valence-electron chi connectivity index (χ3n) is 5.80. The predicted octanol–water partition coefficient (Wildman–Crippen LogP) is 3.16. The molecule has 2 aliphatic rings. The van der Waals surface area contributed by atoms with E-state index in [9.17, 15) is 0 Å². The average Bonchev–Trinajstić information content (AvgIpc) is 3.31. The number of aryl methyl sites for hydroxylation is 3. The topological polar surface area (TPSA) is 84.1 Å². The Bertz CT molecular complexity index is 981. The fraction of sp³-hybridized carbons (Fsp3) is 0.632. The molecule has 0 radical (unpaired) electrons. The van der Waals surface area contributed by atoms with Crippen LogP contribution in [0.2, 0.25) is 0 Å². The van der Waals surface area contributed by atoms with Crippen LogP contribution >= 0.6 is 11.5 Å². The molecule has 2 fully saturated rings. The smallest absolute Gasteiger partial charge is 0.243 e. The zero-order valence-corrected chi connectivity index (χ0v) is 17.4. The molecule has 9 heteroatoms. The van der Waals surface area contributed by atoms with Crippen LogP contribution in [0.5, 0.6) is 0 Å². The minimum absolute atomic E-state index is 0.392. The molecule has 0 amide bonds. The van der Waals surface area contributed by atoms with Crippen LogP contribution < -0.4 is 10.2 Å². The van der Waals surface area contributed by atoms with Crippen molar-refractivity contribution < 1.29 is 0 Å². The lowest BCUT2D eigenvalue weighted by molar-refractivity contribution is 0.431. The van der Waals surface area contributed by atoms with Gasteiger partial charge in [0.15, 0.2) is 5.65 Å². The SMILES string of the molecule is CCCc1nc(C)cc2nc(NC3CC4CCC(C3)N4c3nc(C)ns3)nn12. The summed E-state index contributed by atoms with van der Waals surface area (Å²) in [5.41, 5.74) is 1.87. The van der Waals surface area contributed by atoms with Crippen molar-refractivity contribution in [2.45, 2.75) is 77.4 Å². The van der Waals surface area contributed by atoms with Crippen molar-refractivity contribution in [2.24, 2.45) is 0 Å². The minimum atomic E-state index is 0.392. The van der Waals surface area contributed by atoms with E-state index in [0.717, 1.165) is 59.8 Å². The molecule has 8 nitrogen and oxygen atoms in total. The fourth-order valence-electron chi connectivity index (χ4n) is 4.70. The van der Waals surface area contributed by atoms with Gasteiger partial charge in [0.05, 0.1) is 0 Å². The molecule has 2 bridgehead atoms. The Kier molecular flexibility index (Phi) is 4.41. The molecule has 0 saturated carbocycles. The summed E-state index contributed by atoms with van der Waals surface area (Å²) in [6, 6.07) is 3.45. The number of rotatable bonds is 5. The highest BCUT2D eigenvalue weighted by Gasteiger charge is 2.42. The Hall–Kier alpha value is -2.29. The third kappa shape index (κ3) is 3.11. The highest BCUT2D eigenvalue weighted by Crippen LogP contribution is 2.40. The molecular weight excluding hydrogens is 372 g/mol. The molecule has 2 saturated heterocycles. The number of hydrogen-bond acceptors (Lipinski definition) is 8. The van der Waals surface area contributed by atoms with E-state index < -0.39 is 0 Å². The molecule has 0 aromatic carbocycles. The van der Waals surface area contributed by atoms with E-state index in [2.05, 4.69) is 31.5 Å². The summed E-state index contributed by atoms with van der Waals surface area (Å²) in [7, 11) is 0. The van der Waals surface area contributed by atoms with Gasteiger partial charge >= 0.3 is 0 Å². The first-order valence-corrected chi connectivity index (χ1v) is 11.0. The van der Waals surface area contributed by atoms with Gasteiger partial charge in [0, 0.05) is 47.8 Å². The first-order valence-electron chi connectivity index (χ1n) is 10.2. The lowest BCUT2D eigenvalue weighted by Crippen LogP contribution is -2.47. The monoisotopic (exact) mass is 398 g/mol. The molecule has 0 spiro atoms. The van der Waals surface area contributed by atoms with Crippen molar-refractivity contribution in [2.75, 3.05) is 10.2 Å². The second-order valence-electron chi connectivity index (χ2n) is 8.00. The molecule has 2 aliphatic heterocycles. The number of aromatic nitrogens is 6. The number of anilines is 2. The van der Waals surface area contributed by atoms with Gasteiger partial charge in [0.25, 0.3) is 0 Å². The van der Waals surface area contributed by atoms with E-state index in [1.807, 2.05) is 24.4 Å². The van der Waals surface area contributed by atoms with Gasteiger partial charge in [-0.05, 0) is 46.0 Å². The van der Waals surface area contributed by atoms with E-state index >= 15 is 0 Å². The highest BCUT2D eigenvalue weighted by atomic mass is 32.1. The summed E-state index contributed by atoms with van der Waals surface area (Å²) in [6.45, 7) is 6.15. The van der Waals surface area contributed by atoms with Gasteiger partial charge < -0.3 is 10.2 Å². The highest BCUT2D eigenvalue weighted by molar-refractivity contribution is 7.09. The predicted molar refractivity (Wildman–Crippen MR) is 110 cm³/mol. The van der Waals surface area contributed by atoms with E-state index in [1.54, 1.807) is 0 Å². The zero-order chi connectivity index (χ0) is 19.3. The molecular formula is C19H26N8S. The van der Waals surface area contributed by atoms with Gasteiger partial charge in [-0.3, -0.25) is 0 Å². The molecule has 5 rings (SSSR count). The van der Waals surface area contributed by atoms with Crippen molar-refractivity contribution >= 4 is 28.3 Å². The second kappa shape index (κ2) is 6.95.